The van der Waals surface area contributed by atoms with Gasteiger partial charge in [-0.15, -0.1) is 0 Å². The molecule has 1 heterocycles. The van der Waals surface area contributed by atoms with Crippen LogP contribution in [0.3, 0.4) is 0 Å². The maximum atomic E-state index is 10.5. The molecule has 0 N–H and O–H groups in total. The van der Waals surface area contributed by atoms with Crippen LogP contribution in [0.2, 0.25) is 0 Å². The molecule has 0 aliphatic carbocycles. The van der Waals surface area contributed by atoms with Gasteiger partial charge in [-0.3, -0.25) is 9.78 Å². The van der Waals surface area contributed by atoms with Gasteiger partial charge in [0.05, 0.1) is 11.9 Å². The molecule has 0 fully saturated rings. The van der Waals surface area contributed by atoms with Gasteiger partial charge in [0, 0.05) is 51.1 Å². The fraction of sp³-hybridized carbons (Fsp3) is 0.125. The van der Waals surface area contributed by atoms with Gasteiger partial charge in [-0.1, -0.05) is 0 Å². The Labute approximate surface area is 101 Å². The summed E-state index contributed by atoms with van der Waals surface area (Å²) in [5.41, 5.74) is 0.788. The van der Waals surface area contributed by atoms with Gasteiger partial charge in [0.1, 0.15) is 5.69 Å². The second kappa shape index (κ2) is 5.94. The van der Waals surface area contributed by atoms with Crippen molar-refractivity contribution in [2.45, 2.75) is 6.42 Å². The Morgan fingerprint density at radius 2 is 2.15 bits per heavy atom. The second-order valence-corrected chi connectivity index (χ2v) is 2.27. The Morgan fingerprint density at radius 3 is 2.54 bits per heavy atom. The van der Waals surface area contributed by atoms with E-state index < -0.39 is 0 Å². The standard InChI is InChI=1S/C8H7N2O2.Y/c1-6(12)2-7-3-10-8(5-11)4-9-7;/h3-5H,1-2H2;/q-1;. The fourth-order valence-electron chi connectivity index (χ4n) is 0.719. The van der Waals surface area contributed by atoms with Crippen LogP contribution in [0.15, 0.2) is 12.4 Å². The van der Waals surface area contributed by atoms with Gasteiger partial charge in [0.15, 0.2) is 6.29 Å². The maximum Gasteiger partial charge on any atom is 0.170 e. The van der Waals surface area contributed by atoms with Crippen LogP contribution in [0, 0.1) is 6.92 Å². The first-order chi connectivity index (χ1) is 5.72. The molecule has 0 aromatic carbocycles. The van der Waals surface area contributed by atoms with Gasteiger partial charge in [-0.25, -0.2) is 4.98 Å². The van der Waals surface area contributed by atoms with Crippen LogP contribution in [-0.2, 0) is 43.9 Å². The molecule has 5 heteroatoms. The maximum absolute atomic E-state index is 10.5. The molecule has 13 heavy (non-hydrogen) atoms. The van der Waals surface area contributed by atoms with E-state index in [0.717, 1.165) is 0 Å². The first-order valence-electron chi connectivity index (χ1n) is 3.33. The monoisotopic (exact) mass is 252 g/mol. The van der Waals surface area contributed by atoms with Crippen LogP contribution in [0.1, 0.15) is 16.2 Å². The van der Waals surface area contributed by atoms with Gasteiger partial charge in [0.25, 0.3) is 0 Å². The molecule has 0 aliphatic heterocycles. The minimum absolute atomic E-state index is 0. The Hall–Kier alpha value is -0.606. The normalized spacial score (nSPS) is 8.62. The summed E-state index contributed by atoms with van der Waals surface area (Å²) < 4.78 is 0. The van der Waals surface area contributed by atoms with E-state index >= 15 is 0 Å². The van der Waals surface area contributed by atoms with Crippen LogP contribution < -0.4 is 0 Å². The molecule has 1 aromatic rings. The van der Waals surface area contributed by atoms with E-state index in [0.29, 0.717) is 12.0 Å². The molecular formula is C8H7N2O2Y-. The topological polar surface area (TPSA) is 59.9 Å². The van der Waals surface area contributed by atoms with Gasteiger partial charge in [-0.05, 0) is 0 Å². The van der Waals surface area contributed by atoms with Crippen molar-refractivity contribution >= 4 is 12.1 Å². The number of carbonyl (C=O) groups excluding carboxylic acids is 2. The summed E-state index contributed by atoms with van der Waals surface area (Å²) in [6.07, 6.45) is 3.48. The molecule has 0 amide bonds. The van der Waals surface area contributed by atoms with Crippen LogP contribution in [0.5, 0.6) is 0 Å². The minimum Gasteiger partial charge on any atom is -0.339 e. The summed E-state index contributed by atoms with van der Waals surface area (Å²) >= 11 is 0. The van der Waals surface area contributed by atoms with Gasteiger partial charge < -0.3 is 11.7 Å². The zero-order valence-corrected chi connectivity index (χ0v) is 9.77. The number of nitrogens with zero attached hydrogens (tertiary/aromatic N) is 2. The fourth-order valence-corrected chi connectivity index (χ4v) is 0.719. The Kier molecular flexibility index (Phi) is 5.66. The summed E-state index contributed by atoms with van der Waals surface area (Å²) in [4.78, 5) is 28.3. The largest absolute Gasteiger partial charge is 0.339 e. The SMILES string of the molecule is [CH2-]C(=O)Cc1cnc(C=O)cn1.[Y]. The summed E-state index contributed by atoms with van der Waals surface area (Å²) in [6, 6.07) is 0. The predicted molar refractivity (Wildman–Crippen MR) is 41.5 cm³/mol. The van der Waals surface area contributed by atoms with E-state index in [9.17, 15) is 9.59 Å². The summed E-state index contributed by atoms with van der Waals surface area (Å²) in [5.74, 6) is -0.219. The van der Waals surface area contributed by atoms with E-state index in [1.807, 2.05) is 0 Å². The van der Waals surface area contributed by atoms with Gasteiger partial charge in [0.2, 0.25) is 0 Å². The number of aldehydes is 1. The van der Waals surface area contributed by atoms with Crippen molar-refractivity contribution in [3.05, 3.63) is 30.7 Å². The zero-order chi connectivity index (χ0) is 8.97. The average Bonchev–Trinajstić information content (AvgIpc) is 2.05. The quantitative estimate of drug-likeness (QED) is 0.570. The van der Waals surface area contributed by atoms with E-state index in [-0.39, 0.29) is 50.6 Å². The van der Waals surface area contributed by atoms with E-state index in [1.165, 1.54) is 12.4 Å². The third kappa shape index (κ3) is 4.24. The Morgan fingerprint density at radius 1 is 1.46 bits per heavy atom. The molecule has 0 saturated carbocycles. The molecule has 65 valence electrons. The van der Waals surface area contributed by atoms with Crippen molar-refractivity contribution in [3.8, 4) is 0 Å². The summed E-state index contributed by atoms with van der Waals surface area (Å²) in [6.45, 7) is 3.20. The number of hydrogen-bond acceptors (Lipinski definition) is 4. The number of Topliss-reactive ketones (excluding diaryl/α,β-unsaturated/α-hetero) is 1. The number of rotatable bonds is 3. The number of aromatic nitrogens is 2. The van der Waals surface area contributed by atoms with E-state index in [1.54, 1.807) is 0 Å². The smallest absolute Gasteiger partial charge is 0.170 e. The Balaban J connectivity index is 0.00000144. The number of ketones is 1. The third-order valence-electron chi connectivity index (χ3n) is 1.22. The molecule has 0 bridgehead atoms. The van der Waals surface area contributed by atoms with Crippen molar-refractivity contribution in [1.82, 2.24) is 9.97 Å². The molecular weight excluding hydrogens is 245 g/mol. The third-order valence-corrected chi connectivity index (χ3v) is 1.22. The molecule has 0 aliphatic rings. The summed E-state index contributed by atoms with van der Waals surface area (Å²) in [5, 5.41) is 0. The number of hydrogen-bond donors (Lipinski definition) is 0. The average molecular weight is 252 g/mol. The molecule has 0 atom stereocenters. The summed E-state index contributed by atoms with van der Waals surface area (Å²) in [7, 11) is 0. The first-order valence-corrected chi connectivity index (χ1v) is 3.33. The minimum atomic E-state index is -0.219. The van der Waals surface area contributed by atoms with Crippen LogP contribution >= 0.6 is 0 Å². The van der Waals surface area contributed by atoms with Crippen LogP contribution in [0.4, 0.5) is 0 Å². The van der Waals surface area contributed by atoms with Crippen molar-refractivity contribution in [3.63, 3.8) is 0 Å². The van der Waals surface area contributed by atoms with Crippen LogP contribution in [0.25, 0.3) is 0 Å². The van der Waals surface area contributed by atoms with E-state index in [4.69, 9.17) is 0 Å². The van der Waals surface area contributed by atoms with Crippen molar-refractivity contribution < 1.29 is 42.3 Å². The van der Waals surface area contributed by atoms with E-state index in [2.05, 4.69) is 16.9 Å². The molecule has 0 unspecified atom stereocenters. The molecule has 1 radical (unpaired) electrons. The molecule has 1 rings (SSSR count). The molecule has 1 aromatic heterocycles. The van der Waals surface area contributed by atoms with Crippen molar-refractivity contribution in [2.24, 2.45) is 0 Å². The van der Waals surface area contributed by atoms with Crippen molar-refractivity contribution in [2.75, 3.05) is 0 Å². The van der Waals surface area contributed by atoms with Gasteiger partial charge in [-0.2, -0.15) is 0 Å². The molecule has 0 spiro atoms. The zero-order valence-electron chi connectivity index (χ0n) is 6.93. The second-order valence-electron chi connectivity index (χ2n) is 2.27. The van der Waals surface area contributed by atoms with Crippen LogP contribution in [-0.4, -0.2) is 22.0 Å². The predicted octanol–water partition coefficient (Wildman–Crippen LogP) is 0.232. The number of carbonyl (C=O) groups is 2. The molecule has 4 nitrogen and oxygen atoms in total. The Bertz CT molecular complexity index is 298. The van der Waals surface area contributed by atoms with Crippen molar-refractivity contribution in [1.29, 1.82) is 0 Å². The van der Waals surface area contributed by atoms with Gasteiger partial charge >= 0.3 is 0 Å². The first kappa shape index (κ1) is 12.4. The molecule has 0 saturated heterocycles.